The molecular weight excluding hydrogens is 250 g/mol. The van der Waals surface area contributed by atoms with Gasteiger partial charge in [-0.25, -0.2) is 0 Å². The van der Waals surface area contributed by atoms with Crippen molar-refractivity contribution >= 4 is 0 Å². The normalized spacial score (nSPS) is 11.7. The van der Waals surface area contributed by atoms with Gasteiger partial charge in [-0.15, -0.1) is 0 Å². The van der Waals surface area contributed by atoms with Crippen LogP contribution in [0.1, 0.15) is 38.8 Å². The summed E-state index contributed by atoms with van der Waals surface area (Å²) in [6.45, 7) is 14.7. The summed E-state index contributed by atoms with van der Waals surface area (Å²) >= 11 is 0. The minimum atomic E-state index is 0.101. The Morgan fingerprint density at radius 1 is 1.10 bits per heavy atom. The van der Waals surface area contributed by atoms with Crippen molar-refractivity contribution < 1.29 is 9.47 Å². The summed E-state index contributed by atoms with van der Waals surface area (Å²) in [6, 6.07) is 6.40. The van der Waals surface area contributed by atoms with Crippen molar-refractivity contribution in [3.05, 3.63) is 29.3 Å². The molecule has 1 aromatic rings. The fourth-order valence-corrected chi connectivity index (χ4v) is 2.00. The Kier molecular flexibility index (Phi) is 7.03. The van der Waals surface area contributed by atoms with Crippen LogP contribution < -0.4 is 10.1 Å². The van der Waals surface area contributed by atoms with Crippen LogP contribution in [0.15, 0.2) is 18.2 Å². The third-order valence-electron chi connectivity index (χ3n) is 3.11. The molecule has 0 saturated carbocycles. The smallest absolute Gasteiger partial charge is 0.123 e. The van der Waals surface area contributed by atoms with E-state index in [0.29, 0.717) is 6.61 Å². The van der Waals surface area contributed by atoms with Crippen LogP contribution in [0.5, 0.6) is 5.75 Å². The van der Waals surface area contributed by atoms with Crippen molar-refractivity contribution in [3.63, 3.8) is 0 Å². The first kappa shape index (κ1) is 17.0. The predicted octanol–water partition coefficient (Wildman–Crippen LogP) is 3.30. The first-order valence-electron chi connectivity index (χ1n) is 7.47. The molecule has 1 rings (SSSR count). The van der Waals surface area contributed by atoms with Gasteiger partial charge in [0.2, 0.25) is 0 Å². The highest BCUT2D eigenvalue weighted by atomic mass is 16.5. The Labute approximate surface area is 123 Å². The van der Waals surface area contributed by atoms with Gasteiger partial charge in [0.15, 0.2) is 0 Å². The van der Waals surface area contributed by atoms with Crippen LogP contribution in [0, 0.1) is 6.92 Å². The molecule has 0 heterocycles. The number of nitrogens with one attached hydrogen (secondary N) is 1. The zero-order chi connectivity index (χ0) is 15.0. The van der Waals surface area contributed by atoms with E-state index in [4.69, 9.17) is 9.47 Å². The molecule has 3 nitrogen and oxygen atoms in total. The van der Waals surface area contributed by atoms with Crippen molar-refractivity contribution in [2.45, 2.75) is 40.0 Å². The molecule has 3 heteroatoms. The number of ether oxygens (including phenoxy) is 2. The monoisotopic (exact) mass is 279 g/mol. The summed E-state index contributed by atoms with van der Waals surface area (Å²) in [4.78, 5) is 0. The van der Waals surface area contributed by atoms with Crippen LogP contribution in [0.2, 0.25) is 0 Å². The lowest BCUT2D eigenvalue weighted by Crippen LogP contribution is -2.25. The van der Waals surface area contributed by atoms with E-state index in [1.54, 1.807) is 0 Å². The van der Waals surface area contributed by atoms with Gasteiger partial charge in [0.05, 0.1) is 6.61 Å². The number of hydrogen-bond acceptors (Lipinski definition) is 3. The Morgan fingerprint density at radius 3 is 2.45 bits per heavy atom. The lowest BCUT2D eigenvalue weighted by atomic mass is 9.85. The van der Waals surface area contributed by atoms with Gasteiger partial charge in [-0.1, -0.05) is 38.5 Å². The van der Waals surface area contributed by atoms with Gasteiger partial charge in [0.1, 0.15) is 12.4 Å². The van der Waals surface area contributed by atoms with Crippen LogP contribution in [0.25, 0.3) is 0 Å². The van der Waals surface area contributed by atoms with Crippen molar-refractivity contribution in [2.75, 3.05) is 32.9 Å². The Balaban J connectivity index is 2.44. The minimum Gasteiger partial charge on any atom is -0.492 e. The van der Waals surface area contributed by atoms with Gasteiger partial charge in [-0.05, 0) is 30.9 Å². The molecule has 0 radical (unpaired) electrons. The molecule has 0 aliphatic carbocycles. The van der Waals surface area contributed by atoms with Crippen LogP contribution >= 0.6 is 0 Å². The van der Waals surface area contributed by atoms with Gasteiger partial charge in [0.25, 0.3) is 0 Å². The van der Waals surface area contributed by atoms with Crippen molar-refractivity contribution in [2.24, 2.45) is 0 Å². The van der Waals surface area contributed by atoms with Gasteiger partial charge < -0.3 is 14.8 Å². The van der Waals surface area contributed by atoms with E-state index >= 15 is 0 Å². The molecule has 0 bridgehead atoms. The van der Waals surface area contributed by atoms with E-state index in [9.17, 15) is 0 Å². The average molecular weight is 279 g/mol. The molecule has 1 aromatic carbocycles. The fourth-order valence-electron chi connectivity index (χ4n) is 2.00. The summed E-state index contributed by atoms with van der Waals surface area (Å²) in [6.07, 6.45) is 0. The second-order valence-corrected chi connectivity index (χ2v) is 6.04. The molecule has 0 unspecified atom stereocenters. The van der Waals surface area contributed by atoms with Gasteiger partial charge >= 0.3 is 0 Å². The van der Waals surface area contributed by atoms with Crippen molar-refractivity contribution in [1.82, 2.24) is 5.32 Å². The van der Waals surface area contributed by atoms with E-state index in [1.807, 2.05) is 6.92 Å². The molecule has 114 valence electrons. The molecule has 1 N–H and O–H groups in total. The maximum absolute atomic E-state index is 5.92. The Morgan fingerprint density at radius 2 is 1.80 bits per heavy atom. The van der Waals surface area contributed by atoms with Crippen LogP contribution in [0.4, 0.5) is 0 Å². The molecule has 0 fully saturated rings. The Hall–Kier alpha value is -1.06. The van der Waals surface area contributed by atoms with Crippen LogP contribution in [-0.4, -0.2) is 32.9 Å². The number of benzene rings is 1. The molecule has 0 aromatic heterocycles. The van der Waals surface area contributed by atoms with Crippen LogP contribution in [0.3, 0.4) is 0 Å². The molecule has 0 aliphatic rings. The summed E-state index contributed by atoms with van der Waals surface area (Å²) < 4.78 is 11.2. The summed E-state index contributed by atoms with van der Waals surface area (Å²) in [7, 11) is 0. The topological polar surface area (TPSA) is 30.5 Å². The molecular formula is C17H29NO2. The predicted molar refractivity (Wildman–Crippen MR) is 84.7 cm³/mol. The maximum Gasteiger partial charge on any atom is 0.123 e. The SMILES string of the molecule is CCOCCNCCOc1ccc(C)cc1C(C)(C)C. The molecule has 20 heavy (non-hydrogen) atoms. The zero-order valence-corrected chi connectivity index (χ0v) is 13.6. The highest BCUT2D eigenvalue weighted by Crippen LogP contribution is 2.31. The number of rotatable bonds is 8. The fraction of sp³-hybridized carbons (Fsp3) is 0.647. The number of aryl methyl sites for hydroxylation is 1. The minimum absolute atomic E-state index is 0.101. The standard InChI is InChI=1S/C17H29NO2/c1-6-19-11-9-18-10-12-20-16-8-7-14(2)13-15(16)17(3,4)5/h7-8,13,18H,6,9-12H2,1-5H3. The first-order valence-corrected chi connectivity index (χ1v) is 7.47. The summed E-state index contributed by atoms with van der Waals surface area (Å²) in [5, 5.41) is 3.31. The Bertz CT molecular complexity index is 396. The summed E-state index contributed by atoms with van der Waals surface area (Å²) in [5.74, 6) is 0.995. The van der Waals surface area contributed by atoms with E-state index < -0.39 is 0 Å². The third kappa shape index (κ3) is 5.93. The molecule has 0 saturated heterocycles. The molecule has 0 aliphatic heterocycles. The number of hydrogen-bond donors (Lipinski definition) is 1. The first-order chi connectivity index (χ1) is 9.45. The van der Waals surface area contributed by atoms with E-state index in [-0.39, 0.29) is 5.41 Å². The second kappa shape index (κ2) is 8.28. The van der Waals surface area contributed by atoms with Gasteiger partial charge in [-0.2, -0.15) is 0 Å². The highest BCUT2D eigenvalue weighted by molar-refractivity contribution is 5.41. The highest BCUT2D eigenvalue weighted by Gasteiger charge is 2.18. The molecule has 0 amide bonds. The largest absolute Gasteiger partial charge is 0.492 e. The van der Waals surface area contributed by atoms with Gasteiger partial charge in [-0.3, -0.25) is 0 Å². The van der Waals surface area contributed by atoms with Crippen LogP contribution in [-0.2, 0) is 10.2 Å². The third-order valence-corrected chi connectivity index (χ3v) is 3.11. The average Bonchev–Trinajstić information content (AvgIpc) is 2.38. The van der Waals surface area contributed by atoms with Crippen molar-refractivity contribution in [3.8, 4) is 5.75 Å². The molecule has 0 spiro atoms. The van der Waals surface area contributed by atoms with E-state index in [1.165, 1.54) is 11.1 Å². The quantitative estimate of drug-likeness (QED) is 0.741. The maximum atomic E-state index is 5.92. The van der Waals surface area contributed by atoms with Crippen molar-refractivity contribution in [1.29, 1.82) is 0 Å². The van der Waals surface area contributed by atoms with E-state index in [2.05, 4.69) is 51.2 Å². The second-order valence-electron chi connectivity index (χ2n) is 6.04. The zero-order valence-electron chi connectivity index (χ0n) is 13.6. The summed E-state index contributed by atoms with van der Waals surface area (Å²) in [5.41, 5.74) is 2.65. The lowest BCUT2D eigenvalue weighted by molar-refractivity contribution is 0.148. The lowest BCUT2D eigenvalue weighted by Gasteiger charge is -2.23. The van der Waals surface area contributed by atoms with E-state index in [0.717, 1.165) is 32.1 Å². The molecule has 0 atom stereocenters. The van der Waals surface area contributed by atoms with Gasteiger partial charge in [0, 0.05) is 19.7 Å².